The van der Waals surface area contributed by atoms with Gasteiger partial charge >= 0.3 is 0 Å². The van der Waals surface area contributed by atoms with Crippen LogP contribution in [0, 0.1) is 0 Å². The van der Waals surface area contributed by atoms with Gasteiger partial charge in [-0.2, -0.15) is 0 Å². The minimum Gasteiger partial charge on any atom is -0.266 e. The number of carbonyl (C=O) groups excluding carboxylic acids is 1. The summed E-state index contributed by atoms with van der Waals surface area (Å²) >= 11 is 0. The number of nitrogens with zero attached hydrogens (tertiary/aromatic N) is 2. The molecule has 1 amide bonds. The molecule has 0 spiro atoms. The molecule has 0 saturated heterocycles. The van der Waals surface area contributed by atoms with Gasteiger partial charge in [0.2, 0.25) is 0 Å². The largest absolute Gasteiger partial charge is 0.288 e. The maximum Gasteiger partial charge on any atom is 0.288 e. The third-order valence-corrected chi connectivity index (χ3v) is 1.81. The van der Waals surface area contributed by atoms with Gasteiger partial charge in [-0.15, -0.1) is 0 Å². The van der Waals surface area contributed by atoms with Crippen LogP contribution in [-0.4, -0.2) is 18.3 Å². The van der Waals surface area contributed by atoms with Crippen LogP contribution >= 0.6 is 0 Å². The van der Waals surface area contributed by atoms with E-state index in [-0.39, 0.29) is 5.91 Å². The Hall–Kier alpha value is -2.03. The molecule has 0 bridgehead atoms. The molecular formula is C11H8N2O. The second-order valence-electron chi connectivity index (χ2n) is 2.79. The number of carbonyl (C=O) groups is 1. The summed E-state index contributed by atoms with van der Waals surface area (Å²) in [6.45, 7) is 0. The van der Waals surface area contributed by atoms with Crippen molar-refractivity contribution in [2.75, 3.05) is 0 Å². The minimum absolute atomic E-state index is 0.341. The molecule has 1 heterocycles. The van der Waals surface area contributed by atoms with E-state index in [4.69, 9.17) is 0 Å². The quantitative estimate of drug-likeness (QED) is 0.608. The van der Waals surface area contributed by atoms with Crippen LogP contribution in [0.2, 0.25) is 0 Å². The van der Waals surface area contributed by atoms with E-state index < -0.39 is 0 Å². The van der Waals surface area contributed by atoms with Crippen molar-refractivity contribution in [3.8, 4) is 0 Å². The smallest absolute Gasteiger partial charge is 0.266 e. The number of hydrogen-bond donors (Lipinski definition) is 0. The molecular weight excluding hydrogens is 176 g/mol. The van der Waals surface area contributed by atoms with Crippen molar-refractivity contribution in [1.29, 1.82) is 0 Å². The van der Waals surface area contributed by atoms with E-state index in [0.717, 1.165) is 11.3 Å². The highest BCUT2D eigenvalue weighted by Gasteiger charge is 1.98. The van der Waals surface area contributed by atoms with Crippen LogP contribution in [0.5, 0.6) is 0 Å². The molecule has 68 valence electrons. The summed E-state index contributed by atoms with van der Waals surface area (Å²) < 4.78 is 0. The van der Waals surface area contributed by atoms with E-state index in [0.29, 0.717) is 0 Å². The number of allylic oxidation sites excluding steroid dienone is 1. The third-order valence-electron chi connectivity index (χ3n) is 1.81. The molecule has 0 unspecified atom stereocenters. The Balaban J connectivity index is 2.52. The van der Waals surface area contributed by atoms with E-state index >= 15 is 0 Å². The zero-order valence-electron chi connectivity index (χ0n) is 7.42. The summed E-state index contributed by atoms with van der Waals surface area (Å²) in [5.74, 6) is -0.341. The van der Waals surface area contributed by atoms with Crippen molar-refractivity contribution in [2.24, 2.45) is 9.98 Å². The second kappa shape index (κ2) is 3.79. The monoisotopic (exact) mass is 184 g/mol. The number of hydrogen-bond acceptors (Lipinski definition) is 2. The lowest BCUT2D eigenvalue weighted by Gasteiger charge is -1.97. The summed E-state index contributed by atoms with van der Waals surface area (Å²) in [5.41, 5.74) is 1.76. The summed E-state index contributed by atoms with van der Waals surface area (Å²) in [6.07, 6.45) is 6.29. The fourth-order valence-electron chi connectivity index (χ4n) is 1.17. The van der Waals surface area contributed by atoms with E-state index in [1.165, 1.54) is 12.4 Å². The molecule has 0 saturated carbocycles. The zero-order valence-corrected chi connectivity index (χ0v) is 7.42. The molecule has 0 radical (unpaired) electrons. The molecule has 1 aliphatic rings. The van der Waals surface area contributed by atoms with Crippen LogP contribution in [0.1, 0.15) is 5.56 Å². The van der Waals surface area contributed by atoms with E-state index in [9.17, 15) is 4.79 Å². The molecule has 0 fully saturated rings. The SMILES string of the molecule is O=C1C=Nc2ccccc2/C=C/C=N1. The summed E-state index contributed by atoms with van der Waals surface area (Å²) in [5, 5.41) is 0. The van der Waals surface area contributed by atoms with Gasteiger partial charge in [0.25, 0.3) is 5.91 Å². The Labute approximate surface area is 81.5 Å². The molecule has 14 heavy (non-hydrogen) atoms. The van der Waals surface area contributed by atoms with Crippen molar-refractivity contribution in [3.05, 3.63) is 35.9 Å². The molecule has 1 aliphatic heterocycles. The van der Waals surface area contributed by atoms with Gasteiger partial charge in [0.15, 0.2) is 0 Å². The summed E-state index contributed by atoms with van der Waals surface area (Å²) in [7, 11) is 0. The number of para-hydroxylation sites is 1. The molecule has 2 rings (SSSR count). The zero-order chi connectivity index (χ0) is 9.80. The van der Waals surface area contributed by atoms with Crippen molar-refractivity contribution in [2.45, 2.75) is 0 Å². The lowest BCUT2D eigenvalue weighted by atomic mass is 10.1. The van der Waals surface area contributed by atoms with Crippen molar-refractivity contribution >= 4 is 30.1 Å². The molecule has 0 atom stereocenters. The first kappa shape index (κ1) is 8.56. The third kappa shape index (κ3) is 1.82. The van der Waals surface area contributed by atoms with Crippen LogP contribution in [0.25, 0.3) is 6.08 Å². The molecule has 0 N–H and O–H groups in total. The lowest BCUT2D eigenvalue weighted by Crippen LogP contribution is -1.92. The normalized spacial score (nSPS) is 16.7. The van der Waals surface area contributed by atoms with Gasteiger partial charge in [-0.1, -0.05) is 24.3 Å². The Kier molecular flexibility index (Phi) is 2.32. The highest BCUT2D eigenvalue weighted by molar-refractivity contribution is 6.29. The lowest BCUT2D eigenvalue weighted by molar-refractivity contribution is -0.111. The van der Waals surface area contributed by atoms with Gasteiger partial charge in [-0.05, 0) is 12.1 Å². The Morgan fingerprint density at radius 1 is 1.07 bits per heavy atom. The minimum atomic E-state index is -0.341. The first-order chi connectivity index (χ1) is 6.86. The van der Waals surface area contributed by atoms with Gasteiger partial charge in [0.1, 0.15) is 0 Å². The number of rotatable bonds is 0. The summed E-state index contributed by atoms with van der Waals surface area (Å²) in [6, 6.07) is 7.60. The highest BCUT2D eigenvalue weighted by Crippen LogP contribution is 2.19. The van der Waals surface area contributed by atoms with Crippen LogP contribution in [-0.2, 0) is 4.79 Å². The van der Waals surface area contributed by atoms with Gasteiger partial charge in [0, 0.05) is 11.8 Å². The Morgan fingerprint density at radius 2 is 1.93 bits per heavy atom. The molecule has 1 aromatic rings. The van der Waals surface area contributed by atoms with Gasteiger partial charge in [-0.25, -0.2) is 4.99 Å². The Morgan fingerprint density at radius 3 is 2.86 bits per heavy atom. The van der Waals surface area contributed by atoms with E-state index in [1.807, 2.05) is 30.3 Å². The highest BCUT2D eigenvalue weighted by atomic mass is 16.1. The average molecular weight is 184 g/mol. The fraction of sp³-hybridized carbons (Fsp3) is 0. The topological polar surface area (TPSA) is 41.8 Å². The predicted molar refractivity (Wildman–Crippen MR) is 57.1 cm³/mol. The summed E-state index contributed by atoms with van der Waals surface area (Å²) in [4.78, 5) is 18.7. The number of fused-ring (bicyclic) bond motifs is 1. The number of amides is 1. The van der Waals surface area contributed by atoms with Crippen LogP contribution in [0.15, 0.2) is 40.3 Å². The predicted octanol–water partition coefficient (Wildman–Crippen LogP) is 2.01. The molecule has 0 aliphatic carbocycles. The van der Waals surface area contributed by atoms with Crippen molar-refractivity contribution in [1.82, 2.24) is 0 Å². The molecule has 3 nitrogen and oxygen atoms in total. The van der Waals surface area contributed by atoms with Crippen molar-refractivity contribution < 1.29 is 4.79 Å². The molecule has 0 aromatic heterocycles. The standard InChI is InChI=1S/C11H8N2O/c14-11-8-13-10-6-2-1-4-9(10)5-3-7-12-11/h1-8H/b5-3+,12-7?,13-8?. The number of benzene rings is 1. The van der Waals surface area contributed by atoms with Crippen LogP contribution in [0.3, 0.4) is 0 Å². The van der Waals surface area contributed by atoms with Gasteiger partial charge in [0.05, 0.1) is 11.9 Å². The van der Waals surface area contributed by atoms with Crippen LogP contribution in [0.4, 0.5) is 5.69 Å². The van der Waals surface area contributed by atoms with Gasteiger partial charge in [-0.3, -0.25) is 9.79 Å². The molecule has 1 aromatic carbocycles. The molecule has 3 heteroatoms. The maximum atomic E-state index is 11.0. The number of aliphatic imine (C=N–C) groups is 2. The van der Waals surface area contributed by atoms with Gasteiger partial charge < -0.3 is 0 Å². The van der Waals surface area contributed by atoms with E-state index in [1.54, 1.807) is 6.08 Å². The fourth-order valence-corrected chi connectivity index (χ4v) is 1.17. The van der Waals surface area contributed by atoms with Crippen molar-refractivity contribution in [3.63, 3.8) is 0 Å². The second-order valence-corrected chi connectivity index (χ2v) is 2.79. The average Bonchev–Trinajstić information content (AvgIpc) is 2.30. The van der Waals surface area contributed by atoms with Crippen LogP contribution < -0.4 is 0 Å². The Bertz CT molecular complexity index is 444. The van der Waals surface area contributed by atoms with E-state index in [2.05, 4.69) is 9.98 Å². The maximum absolute atomic E-state index is 11.0. The first-order valence-corrected chi connectivity index (χ1v) is 4.24. The first-order valence-electron chi connectivity index (χ1n) is 4.24.